The summed E-state index contributed by atoms with van der Waals surface area (Å²) in [4.78, 5) is 0. The first-order valence-corrected chi connectivity index (χ1v) is 7.32. The summed E-state index contributed by atoms with van der Waals surface area (Å²) in [7, 11) is 0. The van der Waals surface area contributed by atoms with Gasteiger partial charge in [0.05, 0.1) is 6.10 Å². The molecular formula is C14H19BrF3NO. The van der Waals surface area contributed by atoms with Crippen molar-refractivity contribution in [3.05, 3.63) is 34.3 Å². The molecule has 1 N–H and O–H groups in total. The van der Waals surface area contributed by atoms with Crippen LogP contribution in [0, 0.1) is 0 Å². The van der Waals surface area contributed by atoms with Crippen molar-refractivity contribution in [3.8, 4) is 0 Å². The van der Waals surface area contributed by atoms with E-state index in [1.54, 1.807) is 24.3 Å². The molecule has 0 saturated carbocycles. The molecule has 0 aliphatic rings. The second-order valence-corrected chi connectivity index (χ2v) is 5.48. The number of benzene rings is 1. The van der Waals surface area contributed by atoms with Gasteiger partial charge in [-0.25, -0.2) is 0 Å². The molecule has 0 fully saturated rings. The summed E-state index contributed by atoms with van der Waals surface area (Å²) in [6.07, 6.45) is -5.84. The van der Waals surface area contributed by atoms with E-state index >= 15 is 0 Å². The van der Waals surface area contributed by atoms with Crippen molar-refractivity contribution in [2.75, 3.05) is 13.1 Å². The summed E-state index contributed by atoms with van der Waals surface area (Å²) in [5.74, 6) is 0. The van der Waals surface area contributed by atoms with E-state index < -0.39 is 18.4 Å². The van der Waals surface area contributed by atoms with Crippen molar-refractivity contribution in [2.45, 2.75) is 38.7 Å². The molecule has 2 unspecified atom stereocenters. The number of rotatable bonds is 7. The molecule has 1 rings (SSSR count). The zero-order valence-electron chi connectivity index (χ0n) is 11.5. The molecule has 6 heteroatoms. The van der Waals surface area contributed by atoms with Gasteiger partial charge in [0.2, 0.25) is 0 Å². The Bertz CT molecular complexity index is 394. The predicted octanol–water partition coefficient (Wildman–Crippen LogP) is 4.46. The van der Waals surface area contributed by atoms with Crippen molar-refractivity contribution >= 4 is 15.9 Å². The van der Waals surface area contributed by atoms with Gasteiger partial charge in [-0.3, -0.25) is 0 Å². The summed E-state index contributed by atoms with van der Waals surface area (Å²) in [5.41, 5.74) is 0.730. The maximum Gasteiger partial charge on any atom is 0.414 e. The first-order chi connectivity index (χ1) is 9.34. The fraction of sp³-hybridized carbons (Fsp3) is 0.571. The van der Waals surface area contributed by atoms with Gasteiger partial charge in [-0.2, -0.15) is 13.2 Å². The Morgan fingerprint density at radius 2 is 1.85 bits per heavy atom. The number of nitrogens with one attached hydrogen (secondary N) is 1. The van der Waals surface area contributed by atoms with Crippen LogP contribution in [0.3, 0.4) is 0 Å². The molecule has 1 aromatic rings. The van der Waals surface area contributed by atoms with E-state index in [1.807, 2.05) is 6.92 Å². The van der Waals surface area contributed by atoms with Crippen molar-refractivity contribution in [3.63, 3.8) is 0 Å². The van der Waals surface area contributed by atoms with E-state index in [4.69, 9.17) is 4.74 Å². The molecule has 1 aromatic carbocycles. The van der Waals surface area contributed by atoms with Crippen LogP contribution >= 0.6 is 15.9 Å². The number of alkyl halides is 3. The Morgan fingerprint density at radius 3 is 2.35 bits per heavy atom. The van der Waals surface area contributed by atoms with E-state index in [1.165, 1.54) is 0 Å². The number of halogens is 4. The monoisotopic (exact) mass is 353 g/mol. The van der Waals surface area contributed by atoms with E-state index in [0.717, 1.165) is 29.9 Å². The maximum absolute atomic E-state index is 12.6. The second kappa shape index (κ2) is 8.00. The topological polar surface area (TPSA) is 21.3 Å². The molecule has 0 aliphatic carbocycles. The van der Waals surface area contributed by atoms with Crippen LogP contribution in [0.25, 0.3) is 0 Å². The molecule has 2 nitrogen and oxygen atoms in total. The minimum atomic E-state index is -4.35. The van der Waals surface area contributed by atoms with E-state index in [-0.39, 0.29) is 0 Å². The Balaban J connectivity index is 2.76. The van der Waals surface area contributed by atoms with Crippen LogP contribution in [0.15, 0.2) is 28.7 Å². The van der Waals surface area contributed by atoms with Crippen LogP contribution in [0.5, 0.6) is 0 Å². The van der Waals surface area contributed by atoms with Gasteiger partial charge in [0.25, 0.3) is 0 Å². The minimum absolute atomic E-state index is 0.357. The van der Waals surface area contributed by atoms with Crippen LogP contribution in [0.4, 0.5) is 13.2 Å². The average molecular weight is 354 g/mol. The summed E-state index contributed by atoms with van der Waals surface area (Å²) >= 11 is 3.30. The Labute approximate surface area is 125 Å². The number of hydrogen-bond acceptors (Lipinski definition) is 2. The highest BCUT2D eigenvalue weighted by molar-refractivity contribution is 9.10. The quantitative estimate of drug-likeness (QED) is 0.730. The fourth-order valence-corrected chi connectivity index (χ4v) is 1.92. The molecule has 0 saturated heterocycles. The lowest BCUT2D eigenvalue weighted by atomic mass is 10.1. The molecule has 0 heterocycles. The molecule has 0 amide bonds. The minimum Gasteiger partial charge on any atom is -0.360 e. The van der Waals surface area contributed by atoms with E-state index in [0.29, 0.717) is 6.54 Å². The highest BCUT2D eigenvalue weighted by Crippen LogP contribution is 2.28. The highest BCUT2D eigenvalue weighted by atomic mass is 79.9. The summed E-state index contributed by atoms with van der Waals surface area (Å²) in [5, 5.41) is 3.10. The van der Waals surface area contributed by atoms with Crippen LogP contribution in [-0.4, -0.2) is 25.4 Å². The van der Waals surface area contributed by atoms with Gasteiger partial charge in [-0.15, -0.1) is 0 Å². The maximum atomic E-state index is 12.6. The summed E-state index contributed by atoms with van der Waals surface area (Å²) < 4.78 is 43.9. The predicted molar refractivity (Wildman–Crippen MR) is 76.6 cm³/mol. The zero-order chi connectivity index (χ0) is 15.2. The summed E-state index contributed by atoms with van der Waals surface area (Å²) in [6, 6.07) is 7.13. The van der Waals surface area contributed by atoms with Gasteiger partial charge in [0, 0.05) is 11.0 Å². The van der Waals surface area contributed by atoms with Crippen molar-refractivity contribution in [1.82, 2.24) is 5.32 Å². The van der Waals surface area contributed by atoms with Crippen LogP contribution < -0.4 is 5.32 Å². The van der Waals surface area contributed by atoms with Crippen molar-refractivity contribution < 1.29 is 17.9 Å². The smallest absolute Gasteiger partial charge is 0.360 e. The SMILES string of the molecule is CCCNCC(OC(C)C(F)(F)F)c1ccc(Br)cc1. The lowest BCUT2D eigenvalue weighted by molar-refractivity contribution is -0.227. The van der Waals surface area contributed by atoms with Gasteiger partial charge in [0.1, 0.15) is 0 Å². The van der Waals surface area contributed by atoms with Gasteiger partial charge >= 0.3 is 6.18 Å². The van der Waals surface area contributed by atoms with Gasteiger partial charge < -0.3 is 10.1 Å². The molecule has 114 valence electrons. The van der Waals surface area contributed by atoms with Gasteiger partial charge in [-0.1, -0.05) is 35.0 Å². The summed E-state index contributed by atoms with van der Waals surface area (Å²) in [6.45, 7) is 4.14. The molecule has 2 atom stereocenters. The molecule has 0 bridgehead atoms. The fourth-order valence-electron chi connectivity index (χ4n) is 1.66. The largest absolute Gasteiger partial charge is 0.414 e. The van der Waals surface area contributed by atoms with Crippen LogP contribution in [-0.2, 0) is 4.74 Å². The molecule has 0 spiro atoms. The third kappa shape index (κ3) is 5.81. The third-order valence-corrected chi connectivity index (χ3v) is 3.36. The Morgan fingerprint density at radius 1 is 1.25 bits per heavy atom. The molecule has 20 heavy (non-hydrogen) atoms. The molecule has 0 aliphatic heterocycles. The second-order valence-electron chi connectivity index (χ2n) is 4.56. The van der Waals surface area contributed by atoms with Crippen molar-refractivity contribution in [1.29, 1.82) is 0 Å². The molecule has 0 radical (unpaired) electrons. The molecular weight excluding hydrogens is 335 g/mol. The first kappa shape index (κ1) is 17.5. The van der Waals surface area contributed by atoms with Crippen molar-refractivity contribution in [2.24, 2.45) is 0 Å². The number of hydrogen-bond donors (Lipinski definition) is 1. The van der Waals surface area contributed by atoms with Gasteiger partial charge in [-0.05, 0) is 37.6 Å². The van der Waals surface area contributed by atoms with E-state index in [2.05, 4.69) is 21.2 Å². The number of ether oxygens (including phenoxy) is 1. The highest BCUT2D eigenvalue weighted by Gasteiger charge is 2.38. The first-order valence-electron chi connectivity index (χ1n) is 6.53. The third-order valence-electron chi connectivity index (χ3n) is 2.83. The van der Waals surface area contributed by atoms with Gasteiger partial charge in [0.15, 0.2) is 6.10 Å². The lowest BCUT2D eigenvalue weighted by Crippen LogP contribution is -2.33. The molecule has 0 aromatic heterocycles. The lowest BCUT2D eigenvalue weighted by Gasteiger charge is -2.25. The Hall–Kier alpha value is -0.590. The zero-order valence-corrected chi connectivity index (χ0v) is 13.1. The Kier molecular flexibility index (Phi) is 6.99. The standard InChI is InChI=1S/C14H19BrF3NO/c1-3-8-19-9-13(20-10(2)14(16,17)18)11-4-6-12(15)7-5-11/h4-7,10,13,19H,3,8-9H2,1-2H3. The average Bonchev–Trinajstić information content (AvgIpc) is 2.37. The normalized spacial score (nSPS) is 15.1. The van der Waals surface area contributed by atoms with E-state index in [9.17, 15) is 13.2 Å². The van der Waals surface area contributed by atoms with Crippen LogP contribution in [0.2, 0.25) is 0 Å². The van der Waals surface area contributed by atoms with Crippen LogP contribution in [0.1, 0.15) is 31.9 Å².